The van der Waals surface area contributed by atoms with Gasteiger partial charge in [0.05, 0.1) is 0 Å². The number of pyridine rings is 1. The van der Waals surface area contributed by atoms with E-state index in [-0.39, 0.29) is 22.6 Å². The summed E-state index contributed by atoms with van der Waals surface area (Å²) in [6.07, 6.45) is 14.5. The Morgan fingerprint density at radius 2 is 1.93 bits per heavy atom. The molecule has 4 rings (SSSR count). The zero-order valence-electron chi connectivity index (χ0n) is 24.8. The Bertz CT molecular complexity index is 1430. The number of hydrogen-bond donors (Lipinski definition) is 1. The summed E-state index contributed by atoms with van der Waals surface area (Å²) in [6, 6.07) is 10.4. The predicted octanol–water partition coefficient (Wildman–Crippen LogP) is 7.12. The molecule has 1 aromatic heterocycles. The van der Waals surface area contributed by atoms with Gasteiger partial charge in [-0.2, -0.15) is 0 Å². The van der Waals surface area contributed by atoms with Gasteiger partial charge in [-0.25, -0.2) is 9.37 Å². The quantitative estimate of drug-likeness (QED) is 0.223. The second kappa shape index (κ2) is 12.8. The van der Waals surface area contributed by atoms with Crippen LogP contribution in [0.3, 0.4) is 0 Å². The molecule has 0 radical (unpaired) electrons. The molecular formula is C34H41FN4O2. The first-order chi connectivity index (χ1) is 19.8. The Balaban J connectivity index is 1.56. The highest BCUT2D eigenvalue weighted by atomic mass is 19.1. The van der Waals surface area contributed by atoms with Crippen LogP contribution in [-0.4, -0.2) is 40.1 Å². The summed E-state index contributed by atoms with van der Waals surface area (Å²) >= 11 is 0. The van der Waals surface area contributed by atoms with Gasteiger partial charge in [-0.05, 0) is 68.7 Å². The first-order valence-corrected chi connectivity index (χ1v) is 14.6. The van der Waals surface area contributed by atoms with Crippen molar-refractivity contribution in [2.24, 2.45) is 4.99 Å². The first kappa shape index (κ1) is 30.1. The van der Waals surface area contributed by atoms with Crippen molar-refractivity contribution in [1.29, 1.82) is 0 Å². The van der Waals surface area contributed by atoms with E-state index in [1.54, 1.807) is 26.1 Å². The fourth-order valence-electron chi connectivity index (χ4n) is 6.24. The number of aromatic nitrogens is 1. The van der Waals surface area contributed by atoms with Crippen LogP contribution in [0.4, 0.5) is 10.2 Å². The van der Waals surface area contributed by atoms with Crippen molar-refractivity contribution in [2.45, 2.75) is 84.2 Å². The van der Waals surface area contributed by atoms with Crippen LogP contribution in [-0.2, 0) is 27.8 Å². The van der Waals surface area contributed by atoms with Crippen molar-refractivity contribution in [3.63, 3.8) is 0 Å². The summed E-state index contributed by atoms with van der Waals surface area (Å²) < 4.78 is 14.7. The second-order valence-corrected chi connectivity index (χ2v) is 11.2. The molecule has 2 aromatic rings. The number of aliphatic imine (C=N–C) groups is 1. The van der Waals surface area contributed by atoms with Crippen molar-refractivity contribution in [3.8, 4) is 0 Å². The van der Waals surface area contributed by atoms with Crippen LogP contribution >= 0.6 is 0 Å². The Morgan fingerprint density at radius 3 is 2.61 bits per heavy atom. The van der Waals surface area contributed by atoms with E-state index in [0.29, 0.717) is 25.2 Å². The van der Waals surface area contributed by atoms with Crippen molar-refractivity contribution < 1.29 is 14.0 Å². The lowest BCUT2D eigenvalue weighted by molar-refractivity contribution is -0.127. The van der Waals surface area contributed by atoms with Gasteiger partial charge in [0.2, 0.25) is 6.41 Å². The van der Waals surface area contributed by atoms with E-state index in [0.717, 1.165) is 43.2 Å². The topological polar surface area (TPSA) is 74.7 Å². The number of nitrogens with one attached hydrogen (secondary N) is 1. The van der Waals surface area contributed by atoms with Gasteiger partial charge in [-0.1, -0.05) is 75.8 Å². The highest BCUT2D eigenvalue weighted by Crippen LogP contribution is 2.42. The summed E-state index contributed by atoms with van der Waals surface area (Å²) in [5, 5.41) is 2.75. The number of unbranched alkanes of at least 4 members (excludes halogenated alkanes) is 1. The predicted molar refractivity (Wildman–Crippen MR) is 164 cm³/mol. The minimum atomic E-state index is -0.675. The van der Waals surface area contributed by atoms with Crippen molar-refractivity contribution in [1.82, 2.24) is 9.88 Å². The molecule has 0 bridgehead atoms. The molecule has 2 heterocycles. The van der Waals surface area contributed by atoms with E-state index in [9.17, 15) is 14.0 Å². The summed E-state index contributed by atoms with van der Waals surface area (Å²) in [5.41, 5.74) is 4.27. The molecule has 1 aliphatic carbocycles. The number of rotatable bonds is 12. The minimum absolute atomic E-state index is 0.174. The molecule has 2 aliphatic rings. The van der Waals surface area contributed by atoms with Gasteiger partial charge in [0, 0.05) is 29.3 Å². The van der Waals surface area contributed by atoms with Gasteiger partial charge in [0.25, 0.3) is 5.91 Å². The summed E-state index contributed by atoms with van der Waals surface area (Å²) in [6.45, 7) is 10.1. The third kappa shape index (κ3) is 5.95. The highest BCUT2D eigenvalue weighted by Gasteiger charge is 2.46. The molecule has 1 aliphatic heterocycles. The standard InChI is InChI=1S/C34H41FN4O2/c1-6-10-17-34(9-4)38-30(27(7-2)29(35)8-3)32(41)39(34)19-12-13-24-15-16-25-21-33(5,22-26(25)20-24)28-14-11-18-36-31(28)37-23-40/h7-8,11-16,18,20,23H,6,9-10,17,19,21-22H2,1-5H3,(H,36,37,40). The van der Waals surface area contributed by atoms with Crippen LogP contribution < -0.4 is 5.32 Å². The van der Waals surface area contributed by atoms with E-state index < -0.39 is 11.5 Å². The second-order valence-electron chi connectivity index (χ2n) is 11.2. The lowest BCUT2D eigenvalue weighted by Crippen LogP contribution is -2.46. The molecular weight excluding hydrogens is 515 g/mol. The Hall–Kier alpha value is -3.87. The smallest absolute Gasteiger partial charge is 0.275 e. The molecule has 0 saturated carbocycles. The maximum Gasteiger partial charge on any atom is 0.275 e. The normalized spacial score (nSPS) is 22.8. The molecule has 6 nitrogen and oxygen atoms in total. The van der Waals surface area contributed by atoms with Crippen molar-refractivity contribution in [2.75, 3.05) is 11.9 Å². The third-order valence-electron chi connectivity index (χ3n) is 8.46. The number of hydrogen-bond acceptors (Lipinski definition) is 4. The van der Waals surface area contributed by atoms with Crippen molar-refractivity contribution in [3.05, 3.63) is 88.4 Å². The third-order valence-corrected chi connectivity index (χ3v) is 8.46. The van der Waals surface area contributed by atoms with E-state index in [1.165, 1.54) is 17.2 Å². The summed E-state index contributed by atoms with van der Waals surface area (Å²) in [4.78, 5) is 35.9. The van der Waals surface area contributed by atoms with Gasteiger partial charge in [-0.3, -0.25) is 14.6 Å². The number of nitrogens with zero attached hydrogens (tertiary/aromatic N) is 3. The molecule has 2 amide bonds. The molecule has 1 N–H and O–H groups in total. The molecule has 2 unspecified atom stereocenters. The lowest BCUT2D eigenvalue weighted by Gasteiger charge is -2.35. The molecule has 1 aromatic carbocycles. The number of fused-ring (bicyclic) bond motifs is 1. The van der Waals surface area contributed by atoms with Gasteiger partial charge < -0.3 is 10.2 Å². The molecule has 0 saturated heterocycles. The lowest BCUT2D eigenvalue weighted by atomic mass is 9.80. The van der Waals surface area contributed by atoms with E-state index in [4.69, 9.17) is 4.99 Å². The van der Waals surface area contributed by atoms with Gasteiger partial charge in [0.15, 0.2) is 0 Å². The monoisotopic (exact) mass is 556 g/mol. The van der Waals surface area contributed by atoms with Crippen LogP contribution in [0, 0.1) is 0 Å². The molecule has 216 valence electrons. The average molecular weight is 557 g/mol. The Morgan fingerprint density at radius 1 is 1.15 bits per heavy atom. The van der Waals surface area contributed by atoms with E-state index in [1.807, 2.05) is 36.1 Å². The largest absolute Gasteiger partial charge is 0.313 e. The number of benzene rings is 1. The fraction of sp³-hybridized carbons (Fsp3) is 0.412. The van der Waals surface area contributed by atoms with Crippen LogP contribution in [0.15, 0.2) is 71.1 Å². The number of carbonyl (C=O) groups is 2. The molecule has 7 heteroatoms. The highest BCUT2D eigenvalue weighted by molar-refractivity contribution is 6.47. The molecule has 2 atom stereocenters. The molecule has 0 fully saturated rings. The SMILES string of the molecule is CC=C(F)C(=CC)C1=NC(CC)(CCCC)N(CC=Cc2ccc3c(c2)CC(C)(c2cccnc2NC=O)C3)C1=O. The number of anilines is 1. The molecule has 0 spiro atoms. The fourth-order valence-corrected chi connectivity index (χ4v) is 6.24. The maximum atomic E-state index is 14.7. The maximum absolute atomic E-state index is 14.7. The van der Waals surface area contributed by atoms with E-state index in [2.05, 4.69) is 42.3 Å². The van der Waals surface area contributed by atoms with Crippen LogP contribution in [0.1, 0.15) is 82.6 Å². The zero-order chi connectivity index (χ0) is 29.6. The summed E-state index contributed by atoms with van der Waals surface area (Å²) in [5.74, 6) is -0.0470. The Labute approximate surface area is 243 Å². The number of amides is 2. The Kier molecular flexibility index (Phi) is 9.36. The van der Waals surface area contributed by atoms with Crippen molar-refractivity contribution >= 4 is 29.9 Å². The first-order valence-electron chi connectivity index (χ1n) is 14.6. The molecule has 41 heavy (non-hydrogen) atoms. The van der Waals surface area contributed by atoms with Gasteiger partial charge in [0.1, 0.15) is 23.0 Å². The minimum Gasteiger partial charge on any atom is -0.313 e. The van der Waals surface area contributed by atoms with Crippen LogP contribution in [0.5, 0.6) is 0 Å². The van der Waals surface area contributed by atoms with Gasteiger partial charge in [-0.15, -0.1) is 0 Å². The average Bonchev–Trinajstić information content (AvgIpc) is 3.46. The number of allylic oxidation sites excluding steroid dienone is 3. The number of halogens is 1. The van der Waals surface area contributed by atoms with E-state index >= 15 is 0 Å². The van der Waals surface area contributed by atoms with Crippen LogP contribution in [0.25, 0.3) is 6.08 Å². The summed E-state index contributed by atoms with van der Waals surface area (Å²) in [7, 11) is 0. The number of carbonyl (C=O) groups excluding carboxylic acids is 2. The zero-order valence-corrected chi connectivity index (χ0v) is 24.8. The van der Waals surface area contributed by atoms with Crippen LogP contribution in [0.2, 0.25) is 0 Å². The van der Waals surface area contributed by atoms with Gasteiger partial charge >= 0.3 is 0 Å².